The highest BCUT2D eigenvalue weighted by atomic mass is 16.5. The molecule has 0 heterocycles. The zero-order chi connectivity index (χ0) is 15.2. The van der Waals surface area contributed by atoms with E-state index < -0.39 is 0 Å². The molecule has 0 radical (unpaired) electrons. The summed E-state index contributed by atoms with van der Waals surface area (Å²) in [5.74, 6) is 1.84. The quantitative estimate of drug-likeness (QED) is 0.906. The van der Waals surface area contributed by atoms with Crippen molar-refractivity contribution < 1.29 is 9.47 Å². The molecule has 2 aromatic carbocycles. The Balaban J connectivity index is 2.37. The Hall–Kier alpha value is -2.51. The Labute approximate surface area is 124 Å². The second-order valence-electron chi connectivity index (χ2n) is 4.66. The van der Waals surface area contributed by atoms with Crippen molar-refractivity contribution in [2.24, 2.45) is 5.73 Å². The van der Waals surface area contributed by atoms with Gasteiger partial charge >= 0.3 is 0 Å². The van der Waals surface area contributed by atoms with E-state index >= 15 is 0 Å². The molecule has 0 saturated carbocycles. The molecule has 21 heavy (non-hydrogen) atoms. The zero-order valence-electron chi connectivity index (χ0n) is 12.2. The molecule has 0 saturated heterocycles. The van der Waals surface area contributed by atoms with Gasteiger partial charge < -0.3 is 15.2 Å². The van der Waals surface area contributed by atoms with Crippen LogP contribution in [0.1, 0.15) is 30.5 Å². The van der Waals surface area contributed by atoms with Gasteiger partial charge in [-0.15, -0.1) is 0 Å². The van der Waals surface area contributed by atoms with E-state index in [1.807, 2.05) is 31.2 Å². The first-order chi connectivity index (χ1) is 10.2. The third-order valence-electron chi connectivity index (χ3n) is 3.23. The molecule has 0 aromatic heterocycles. The molecule has 4 heteroatoms. The first-order valence-corrected chi connectivity index (χ1v) is 6.79. The minimum atomic E-state index is -0.0813. The molecule has 2 N–H and O–H groups in total. The Kier molecular flexibility index (Phi) is 4.81. The van der Waals surface area contributed by atoms with Gasteiger partial charge in [-0.3, -0.25) is 0 Å². The van der Waals surface area contributed by atoms with E-state index in [0.29, 0.717) is 22.8 Å². The molecule has 0 bridgehead atoms. The molecule has 2 rings (SSSR count). The molecule has 1 atom stereocenters. The van der Waals surface area contributed by atoms with Crippen molar-refractivity contribution in [1.29, 1.82) is 5.26 Å². The number of ether oxygens (including phenoxy) is 2. The number of hydrogen-bond donors (Lipinski definition) is 1. The summed E-state index contributed by atoms with van der Waals surface area (Å²) < 4.78 is 11.1. The molecule has 1 unspecified atom stereocenters. The minimum absolute atomic E-state index is 0.0813. The van der Waals surface area contributed by atoms with Crippen molar-refractivity contribution in [3.8, 4) is 23.3 Å². The van der Waals surface area contributed by atoms with Crippen LogP contribution in [0.2, 0.25) is 0 Å². The van der Waals surface area contributed by atoms with Crippen LogP contribution in [-0.4, -0.2) is 7.11 Å². The van der Waals surface area contributed by atoms with Gasteiger partial charge in [-0.1, -0.05) is 25.1 Å². The van der Waals surface area contributed by atoms with Crippen LogP contribution in [0.4, 0.5) is 0 Å². The molecular formula is C17H18N2O2. The van der Waals surface area contributed by atoms with Crippen LogP contribution in [0.25, 0.3) is 0 Å². The predicted molar refractivity (Wildman–Crippen MR) is 81.4 cm³/mol. The van der Waals surface area contributed by atoms with Gasteiger partial charge in [0.25, 0.3) is 0 Å². The Morgan fingerprint density at radius 3 is 2.57 bits per heavy atom. The van der Waals surface area contributed by atoms with Crippen molar-refractivity contribution in [2.45, 2.75) is 19.4 Å². The standard InChI is InChI=1S/C17H18N2O2/c1-3-16(19)15-6-4-5-7-17(15)21-14-9-12(11-18)8-13(10-14)20-2/h4-10,16H,3,19H2,1-2H3. The molecule has 0 aliphatic heterocycles. The first-order valence-electron chi connectivity index (χ1n) is 6.79. The highest BCUT2D eigenvalue weighted by molar-refractivity contribution is 5.47. The van der Waals surface area contributed by atoms with E-state index in [9.17, 15) is 0 Å². The van der Waals surface area contributed by atoms with Gasteiger partial charge in [0.15, 0.2) is 0 Å². The molecule has 108 valence electrons. The normalized spacial score (nSPS) is 11.5. The molecule has 0 aliphatic carbocycles. The number of benzene rings is 2. The zero-order valence-corrected chi connectivity index (χ0v) is 12.2. The summed E-state index contributed by atoms with van der Waals surface area (Å²) in [6, 6.07) is 14.8. The maximum Gasteiger partial charge on any atom is 0.132 e. The summed E-state index contributed by atoms with van der Waals surface area (Å²) in [4.78, 5) is 0. The van der Waals surface area contributed by atoms with Gasteiger partial charge in [0.1, 0.15) is 17.2 Å². The largest absolute Gasteiger partial charge is 0.497 e. The predicted octanol–water partition coefficient (Wildman–Crippen LogP) is 3.77. The lowest BCUT2D eigenvalue weighted by atomic mass is 10.0. The Morgan fingerprint density at radius 2 is 1.90 bits per heavy atom. The fourth-order valence-corrected chi connectivity index (χ4v) is 2.04. The number of nitrogens with zero attached hydrogens (tertiary/aromatic N) is 1. The van der Waals surface area contributed by atoms with E-state index in [0.717, 1.165) is 12.0 Å². The maximum atomic E-state index is 9.05. The van der Waals surface area contributed by atoms with E-state index in [4.69, 9.17) is 20.5 Å². The van der Waals surface area contributed by atoms with E-state index in [2.05, 4.69) is 6.07 Å². The van der Waals surface area contributed by atoms with Gasteiger partial charge in [-0.25, -0.2) is 0 Å². The fourth-order valence-electron chi connectivity index (χ4n) is 2.04. The summed E-state index contributed by atoms with van der Waals surface area (Å²) >= 11 is 0. The van der Waals surface area contributed by atoms with Gasteiger partial charge in [0, 0.05) is 17.7 Å². The van der Waals surface area contributed by atoms with Crippen LogP contribution >= 0.6 is 0 Å². The maximum absolute atomic E-state index is 9.05. The van der Waals surface area contributed by atoms with Crippen LogP contribution < -0.4 is 15.2 Å². The Bertz CT molecular complexity index is 662. The lowest BCUT2D eigenvalue weighted by Gasteiger charge is -2.16. The van der Waals surface area contributed by atoms with Crippen molar-refractivity contribution >= 4 is 0 Å². The fraction of sp³-hybridized carbons (Fsp3) is 0.235. The second kappa shape index (κ2) is 6.78. The minimum Gasteiger partial charge on any atom is -0.497 e. The third-order valence-corrected chi connectivity index (χ3v) is 3.23. The van der Waals surface area contributed by atoms with Crippen molar-refractivity contribution in [1.82, 2.24) is 0 Å². The third kappa shape index (κ3) is 3.53. The number of nitriles is 1. The second-order valence-corrected chi connectivity index (χ2v) is 4.66. The lowest BCUT2D eigenvalue weighted by molar-refractivity contribution is 0.408. The van der Waals surface area contributed by atoms with Gasteiger partial charge in [0.05, 0.1) is 18.7 Å². The van der Waals surface area contributed by atoms with E-state index in [1.54, 1.807) is 25.3 Å². The summed E-state index contributed by atoms with van der Waals surface area (Å²) in [5, 5.41) is 9.05. The number of para-hydroxylation sites is 1. The van der Waals surface area contributed by atoms with Gasteiger partial charge in [-0.05, 0) is 24.6 Å². The molecule has 0 aliphatic rings. The van der Waals surface area contributed by atoms with Crippen molar-refractivity contribution in [3.63, 3.8) is 0 Å². The average Bonchev–Trinajstić information content (AvgIpc) is 2.54. The lowest BCUT2D eigenvalue weighted by Crippen LogP contribution is -2.09. The summed E-state index contributed by atoms with van der Waals surface area (Å²) in [5.41, 5.74) is 7.54. The average molecular weight is 282 g/mol. The van der Waals surface area contributed by atoms with Crippen molar-refractivity contribution in [3.05, 3.63) is 53.6 Å². The summed E-state index contributed by atoms with van der Waals surface area (Å²) in [6.45, 7) is 2.03. The van der Waals surface area contributed by atoms with Gasteiger partial charge in [-0.2, -0.15) is 5.26 Å². The summed E-state index contributed by atoms with van der Waals surface area (Å²) in [7, 11) is 1.56. The SMILES string of the molecule is CCC(N)c1ccccc1Oc1cc(C#N)cc(OC)c1. The van der Waals surface area contributed by atoms with Crippen LogP contribution in [0.15, 0.2) is 42.5 Å². The molecule has 2 aromatic rings. The summed E-state index contributed by atoms with van der Waals surface area (Å²) in [6.07, 6.45) is 0.821. The first kappa shape index (κ1) is 14.9. The molecule has 0 spiro atoms. The number of nitrogens with two attached hydrogens (primary N) is 1. The van der Waals surface area contributed by atoms with Crippen molar-refractivity contribution in [2.75, 3.05) is 7.11 Å². The van der Waals surface area contributed by atoms with Gasteiger partial charge in [0.2, 0.25) is 0 Å². The van der Waals surface area contributed by atoms with Crippen LogP contribution in [0, 0.1) is 11.3 Å². The smallest absolute Gasteiger partial charge is 0.132 e. The number of methoxy groups -OCH3 is 1. The van der Waals surface area contributed by atoms with Crippen LogP contribution in [-0.2, 0) is 0 Å². The highest BCUT2D eigenvalue weighted by Gasteiger charge is 2.11. The topological polar surface area (TPSA) is 68.3 Å². The molecular weight excluding hydrogens is 264 g/mol. The highest BCUT2D eigenvalue weighted by Crippen LogP contribution is 2.32. The monoisotopic (exact) mass is 282 g/mol. The van der Waals surface area contributed by atoms with Crippen LogP contribution in [0.3, 0.4) is 0 Å². The molecule has 0 fully saturated rings. The molecule has 4 nitrogen and oxygen atoms in total. The Morgan fingerprint density at radius 1 is 1.19 bits per heavy atom. The number of rotatable bonds is 5. The van der Waals surface area contributed by atoms with Crippen LogP contribution in [0.5, 0.6) is 17.2 Å². The molecule has 0 amide bonds. The number of hydrogen-bond acceptors (Lipinski definition) is 4. The van der Waals surface area contributed by atoms with E-state index in [1.165, 1.54) is 0 Å². The van der Waals surface area contributed by atoms with E-state index in [-0.39, 0.29) is 6.04 Å².